The first-order chi connectivity index (χ1) is 11.7. The normalized spacial score (nSPS) is 17.6. The van der Waals surface area contributed by atoms with Crippen molar-refractivity contribution in [2.45, 2.75) is 32.6 Å². The summed E-state index contributed by atoms with van der Waals surface area (Å²) < 4.78 is 10.9. The quantitative estimate of drug-likeness (QED) is 0.795. The Bertz CT molecular complexity index is 505. The molecule has 5 nitrogen and oxygen atoms in total. The fourth-order valence-corrected chi connectivity index (χ4v) is 3.06. The maximum absolute atomic E-state index is 12.3. The number of nitrogens with zero attached hydrogens (tertiary/aromatic N) is 1. The summed E-state index contributed by atoms with van der Waals surface area (Å²) in [4.78, 5) is 14.2. The molecule has 0 radical (unpaired) electrons. The van der Waals surface area contributed by atoms with Crippen LogP contribution >= 0.6 is 0 Å². The SMILES string of the molecule is CCCOc1cccc(CCNC(=O)N2CCC[C@@H](COC)C2)c1. The minimum Gasteiger partial charge on any atom is -0.494 e. The third-order valence-electron chi connectivity index (χ3n) is 4.27. The molecule has 1 saturated heterocycles. The number of rotatable bonds is 8. The number of benzene rings is 1. The molecular formula is C19H30N2O3. The number of piperidine rings is 1. The van der Waals surface area contributed by atoms with Gasteiger partial charge in [-0.25, -0.2) is 4.79 Å². The lowest BCUT2D eigenvalue weighted by atomic mass is 9.99. The van der Waals surface area contributed by atoms with Gasteiger partial charge < -0.3 is 19.7 Å². The highest BCUT2D eigenvalue weighted by atomic mass is 16.5. The molecule has 2 amide bonds. The number of methoxy groups -OCH3 is 1. The maximum Gasteiger partial charge on any atom is 0.317 e. The van der Waals surface area contributed by atoms with E-state index >= 15 is 0 Å². The van der Waals surface area contributed by atoms with Gasteiger partial charge in [0.25, 0.3) is 0 Å². The second-order valence-corrected chi connectivity index (χ2v) is 6.39. The van der Waals surface area contributed by atoms with Gasteiger partial charge in [-0.1, -0.05) is 19.1 Å². The van der Waals surface area contributed by atoms with Crippen molar-refractivity contribution < 1.29 is 14.3 Å². The summed E-state index contributed by atoms with van der Waals surface area (Å²) in [6.07, 6.45) is 4.00. The summed E-state index contributed by atoms with van der Waals surface area (Å²) >= 11 is 0. The second-order valence-electron chi connectivity index (χ2n) is 6.39. The molecule has 1 aromatic rings. The van der Waals surface area contributed by atoms with Crippen molar-refractivity contribution in [1.82, 2.24) is 10.2 Å². The van der Waals surface area contributed by atoms with Gasteiger partial charge in [0, 0.05) is 32.7 Å². The second kappa shape index (κ2) is 10.2. The van der Waals surface area contributed by atoms with E-state index in [2.05, 4.69) is 24.4 Å². The van der Waals surface area contributed by atoms with Crippen LogP contribution in [0.3, 0.4) is 0 Å². The van der Waals surface area contributed by atoms with E-state index < -0.39 is 0 Å². The fraction of sp³-hybridized carbons (Fsp3) is 0.632. The molecule has 5 heteroatoms. The van der Waals surface area contributed by atoms with Crippen molar-refractivity contribution in [3.63, 3.8) is 0 Å². The zero-order chi connectivity index (χ0) is 17.2. The molecule has 0 spiro atoms. The van der Waals surface area contributed by atoms with Gasteiger partial charge in [-0.2, -0.15) is 0 Å². The maximum atomic E-state index is 12.3. The lowest BCUT2D eigenvalue weighted by Crippen LogP contribution is -2.46. The Morgan fingerprint density at radius 1 is 1.42 bits per heavy atom. The summed E-state index contributed by atoms with van der Waals surface area (Å²) in [5.74, 6) is 1.36. The molecular weight excluding hydrogens is 304 g/mol. The monoisotopic (exact) mass is 334 g/mol. The number of amides is 2. The van der Waals surface area contributed by atoms with Gasteiger partial charge >= 0.3 is 6.03 Å². The van der Waals surface area contributed by atoms with Gasteiger partial charge in [0.05, 0.1) is 13.2 Å². The Labute approximate surface area is 145 Å². The summed E-state index contributed by atoms with van der Waals surface area (Å²) in [5.41, 5.74) is 1.18. The van der Waals surface area contributed by atoms with Crippen LogP contribution in [0.2, 0.25) is 0 Å². The number of hydrogen-bond donors (Lipinski definition) is 1. The first kappa shape index (κ1) is 18.6. The lowest BCUT2D eigenvalue weighted by molar-refractivity contribution is 0.100. The van der Waals surface area contributed by atoms with E-state index in [-0.39, 0.29) is 6.03 Å². The molecule has 0 aromatic heterocycles. The summed E-state index contributed by atoms with van der Waals surface area (Å²) in [7, 11) is 1.72. The van der Waals surface area contributed by atoms with Crippen molar-refractivity contribution in [3.8, 4) is 5.75 Å². The highest BCUT2D eigenvalue weighted by molar-refractivity contribution is 5.74. The predicted octanol–water partition coefficient (Wildman–Crippen LogP) is 3.09. The smallest absolute Gasteiger partial charge is 0.317 e. The van der Waals surface area contributed by atoms with Gasteiger partial charge in [0.1, 0.15) is 5.75 Å². The Hall–Kier alpha value is -1.75. The number of hydrogen-bond acceptors (Lipinski definition) is 3. The Kier molecular flexibility index (Phi) is 7.89. The van der Waals surface area contributed by atoms with Crippen LogP contribution in [0.1, 0.15) is 31.7 Å². The van der Waals surface area contributed by atoms with Gasteiger partial charge in [0.15, 0.2) is 0 Å². The number of urea groups is 1. The van der Waals surface area contributed by atoms with E-state index in [1.165, 1.54) is 5.56 Å². The number of nitrogens with one attached hydrogen (secondary N) is 1. The van der Waals surface area contributed by atoms with Gasteiger partial charge in [0.2, 0.25) is 0 Å². The average molecular weight is 334 g/mol. The molecule has 1 fully saturated rings. The standard InChI is InChI=1S/C19H30N2O3/c1-3-12-24-18-8-4-6-16(13-18)9-10-20-19(22)21-11-5-7-17(14-21)15-23-2/h4,6,8,13,17H,3,5,7,9-12,14-15H2,1-2H3,(H,20,22)/t17-/m1/s1. The number of ether oxygens (including phenoxy) is 2. The topological polar surface area (TPSA) is 50.8 Å². The molecule has 1 aliphatic heterocycles. The third kappa shape index (κ3) is 6.04. The van der Waals surface area contributed by atoms with E-state index in [0.29, 0.717) is 12.5 Å². The predicted molar refractivity (Wildman–Crippen MR) is 95.5 cm³/mol. The molecule has 0 aliphatic carbocycles. The zero-order valence-corrected chi connectivity index (χ0v) is 14.9. The van der Waals surface area contributed by atoms with Gasteiger partial charge in [-0.3, -0.25) is 0 Å². The van der Waals surface area contributed by atoms with Crippen LogP contribution in [0.25, 0.3) is 0 Å². The Morgan fingerprint density at radius 3 is 3.08 bits per heavy atom. The first-order valence-corrected chi connectivity index (χ1v) is 8.96. The van der Waals surface area contributed by atoms with E-state index in [9.17, 15) is 4.79 Å². The first-order valence-electron chi connectivity index (χ1n) is 8.96. The number of carbonyl (C=O) groups is 1. The summed E-state index contributed by atoms with van der Waals surface area (Å²) in [6.45, 7) is 5.83. The minimum atomic E-state index is 0.0363. The van der Waals surface area contributed by atoms with Crippen LogP contribution in [-0.4, -0.2) is 50.9 Å². The molecule has 1 aromatic carbocycles. The molecule has 0 saturated carbocycles. The summed E-state index contributed by atoms with van der Waals surface area (Å²) in [6, 6.07) is 8.13. The molecule has 1 N–H and O–H groups in total. The van der Waals surface area contributed by atoms with Gasteiger partial charge in [-0.05, 0) is 43.4 Å². The molecule has 2 rings (SSSR count). The average Bonchev–Trinajstić information content (AvgIpc) is 2.61. The van der Waals surface area contributed by atoms with Crippen LogP contribution < -0.4 is 10.1 Å². The van der Waals surface area contributed by atoms with E-state index in [1.807, 2.05) is 17.0 Å². The molecule has 134 valence electrons. The third-order valence-corrected chi connectivity index (χ3v) is 4.27. The van der Waals surface area contributed by atoms with Crippen molar-refractivity contribution in [2.24, 2.45) is 5.92 Å². The Balaban J connectivity index is 1.74. The molecule has 24 heavy (non-hydrogen) atoms. The molecule has 0 unspecified atom stereocenters. The van der Waals surface area contributed by atoms with E-state index in [4.69, 9.17) is 9.47 Å². The van der Waals surface area contributed by atoms with Crippen molar-refractivity contribution in [3.05, 3.63) is 29.8 Å². The van der Waals surface area contributed by atoms with E-state index in [0.717, 1.165) is 57.7 Å². The van der Waals surface area contributed by atoms with Crippen LogP contribution in [0.5, 0.6) is 5.75 Å². The molecule has 1 atom stereocenters. The Morgan fingerprint density at radius 2 is 2.29 bits per heavy atom. The fourth-order valence-electron chi connectivity index (χ4n) is 3.06. The van der Waals surface area contributed by atoms with Crippen LogP contribution in [0, 0.1) is 5.92 Å². The van der Waals surface area contributed by atoms with Crippen LogP contribution in [0.15, 0.2) is 24.3 Å². The number of likely N-dealkylation sites (tertiary alicyclic amines) is 1. The largest absolute Gasteiger partial charge is 0.494 e. The zero-order valence-electron chi connectivity index (χ0n) is 14.9. The highest BCUT2D eigenvalue weighted by Crippen LogP contribution is 2.17. The van der Waals surface area contributed by atoms with Crippen molar-refractivity contribution >= 4 is 6.03 Å². The summed E-state index contributed by atoms with van der Waals surface area (Å²) in [5, 5.41) is 3.03. The van der Waals surface area contributed by atoms with Gasteiger partial charge in [-0.15, -0.1) is 0 Å². The molecule has 1 heterocycles. The van der Waals surface area contributed by atoms with Crippen molar-refractivity contribution in [1.29, 1.82) is 0 Å². The molecule has 0 bridgehead atoms. The van der Waals surface area contributed by atoms with E-state index in [1.54, 1.807) is 7.11 Å². The van der Waals surface area contributed by atoms with Crippen LogP contribution in [0.4, 0.5) is 4.79 Å². The lowest BCUT2D eigenvalue weighted by Gasteiger charge is -2.32. The highest BCUT2D eigenvalue weighted by Gasteiger charge is 2.23. The molecule has 1 aliphatic rings. The van der Waals surface area contributed by atoms with Crippen molar-refractivity contribution in [2.75, 3.05) is 40.0 Å². The minimum absolute atomic E-state index is 0.0363. The van der Waals surface area contributed by atoms with Crippen LogP contribution in [-0.2, 0) is 11.2 Å². The number of carbonyl (C=O) groups excluding carboxylic acids is 1.